The van der Waals surface area contributed by atoms with Crippen molar-refractivity contribution in [3.05, 3.63) is 11.4 Å². The van der Waals surface area contributed by atoms with Crippen molar-refractivity contribution in [1.82, 2.24) is 9.97 Å². The van der Waals surface area contributed by atoms with Gasteiger partial charge >= 0.3 is 0 Å². The zero-order valence-electron chi connectivity index (χ0n) is 11.5. The number of rotatable bonds is 3. The van der Waals surface area contributed by atoms with Crippen molar-refractivity contribution in [1.29, 1.82) is 0 Å². The molecule has 1 heterocycles. The highest BCUT2D eigenvalue weighted by Gasteiger charge is 2.20. The molecule has 0 bridgehead atoms. The molecule has 1 aromatic heterocycles. The summed E-state index contributed by atoms with van der Waals surface area (Å²) in [4.78, 5) is 8.76. The second-order valence-corrected chi connectivity index (χ2v) is 5.35. The van der Waals surface area contributed by atoms with Gasteiger partial charge in [0.1, 0.15) is 17.5 Å². The Labute approximate surface area is 109 Å². The van der Waals surface area contributed by atoms with Gasteiger partial charge in [0.05, 0.1) is 0 Å². The summed E-state index contributed by atoms with van der Waals surface area (Å²) in [5.41, 5.74) is 3.62. The summed E-state index contributed by atoms with van der Waals surface area (Å²) in [6.07, 6.45) is 5.08. The van der Waals surface area contributed by atoms with E-state index < -0.39 is 0 Å². The minimum atomic E-state index is 0.521. The van der Waals surface area contributed by atoms with Crippen LogP contribution in [-0.4, -0.2) is 16.0 Å². The van der Waals surface area contributed by atoms with E-state index in [-0.39, 0.29) is 0 Å². The van der Waals surface area contributed by atoms with Gasteiger partial charge in [0.25, 0.3) is 0 Å². The fraction of sp³-hybridized carbons (Fsp3) is 0.692. The lowest BCUT2D eigenvalue weighted by molar-refractivity contribution is 0.358. The molecule has 1 aromatic rings. The maximum Gasteiger partial charge on any atom is 0.148 e. The van der Waals surface area contributed by atoms with E-state index >= 15 is 0 Å². The number of nitrogens with two attached hydrogens (primary N) is 1. The monoisotopic (exact) mass is 249 g/mol. The molecule has 5 heteroatoms. The Balaban J connectivity index is 2.15. The number of nitrogens with one attached hydrogen (secondary N) is 2. The van der Waals surface area contributed by atoms with Gasteiger partial charge in [-0.15, -0.1) is 0 Å². The minimum Gasteiger partial charge on any atom is -0.367 e. The van der Waals surface area contributed by atoms with E-state index in [0.717, 1.165) is 23.1 Å². The molecule has 2 unspecified atom stereocenters. The average molecular weight is 249 g/mol. The molecule has 0 amide bonds. The number of hydrogen-bond acceptors (Lipinski definition) is 5. The Kier molecular flexibility index (Phi) is 4.01. The molecule has 100 valence electrons. The van der Waals surface area contributed by atoms with E-state index in [1.165, 1.54) is 25.7 Å². The molecule has 1 aliphatic carbocycles. The first-order valence-corrected chi connectivity index (χ1v) is 6.68. The molecule has 1 fully saturated rings. The van der Waals surface area contributed by atoms with Crippen molar-refractivity contribution in [2.75, 3.05) is 10.7 Å². The molecule has 1 saturated carbocycles. The van der Waals surface area contributed by atoms with Gasteiger partial charge in [0, 0.05) is 11.6 Å². The van der Waals surface area contributed by atoms with Gasteiger partial charge < -0.3 is 10.7 Å². The third-order valence-electron chi connectivity index (χ3n) is 3.67. The highest BCUT2D eigenvalue weighted by atomic mass is 15.3. The van der Waals surface area contributed by atoms with E-state index in [1.807, 2.05) is 13.8 Å². The standard InChI is InChI=1S/C13H23N5/c1-8-5-4-6-11(7-8)17-12-9(2)13(18-14)16-10(3)15-12/h8,11H,4-7,14H2,1-3H3,(H2,15,16,17,18). The normalized spacial score (nSPS) is 23.8. The largest absolute Gasteiger partial charge is 0.367 e. The first-order valence-electron chi connectivity index (χ1n) is 6.68. The zero-order valence-corrected chi connectivity index (χ0v) is 11.5. The zero-order chi connectivity index (χ0) is 13.1. The molecule has 0 spiro atoms. The smallest absolute Gasteiger partial charge is 0.148 e. The van der Waals surface area contributed by atoms with Gasteiger partial charge in [0.15, 0.2) is 0 Å². The minimum absolute atomic E-state index is 0.521. The second-order valence-electron chi connectivity index (χ2n) is 5.35. The van der Waals surface area contributed by atoms with Gasteiger partial charge in [0.2, 0.25) is 0 Å². The van der Waals surface area contributed by atoms with Gasteiger partial charge in [-0.3, -0.25) is 0 Å². The second kappa shape index (κ2) is 5.52. The Morgan fingerprint density at radius 3 is 2.56 bits per heavy atom. The van der Waals surface area contributed by atoms with Crippen LogP contribution in [-0.2, 0) is 0 Å². The van der Waals surface area contributed by atoms with Crippen LogP contribution in [0.2, 0.25) is 0 Å². The van der Waals surface area contributed by atoms with Crippen LogP contribution in [0.5, 0.6) is 0 Å². The van der Waals surface area contributed by atoms with Gasteiger partial charge in [-0.1, -0.05) is 19.8 Å². The first kappa shape index (κ1) is 13.1. The summed E-state index contributed by atoms with van der Waals surface area (Å²) in [5, 5.41) is 3.55. The van der Waals surface area contributed by atoms with E-state index in [9.17, 15) is 0 Å². The highest BCUT2D eigenvalue weighted by Crippen LogP contribution is 2.27. The van der Waals surface area contributed by atoms with E-state index in [4.69, 9.17) is 5.84 Å². The quantitative estimate of drug-likeness (QED) is 0.566. The van der Waals surface area contributed by atoms with Crippen LogP contribution in [0.15, 0.2) is 0 Å². The number of anilines is 2. The van der Waals surface area contributed by atoms with E-state index in [1.54, 1.807) is 0 Å². The number of aryl methyl sites for hydroxylation is 1. The van der Waals surface area contributed by atoms with Crippen LogP contribution in [0, 0.1) is 19.8 Å². The fourth-order valence-corrected chi connectivity index (χ4v) is 2.67. The van der Waals surface area contributed by atoms with Crippen LogP contribution >= 0.6 is 0 Å². The van der Waals surface area contributed by atoms with E-state index in [2.05, 4.69) is 27.6 Å². The SMILES string of the molecule is Cc1nc(NN)c(C)c(NC2CCCC(C)C2)n1. The highest BCUT2D eigenvalue weighted by molar-refractivity contribution is 5.57. The van der Waals surface area contributed by atoms with Crippen LogP contribution in [0.25, 0.3) is 0 Å². The lowest BCUT2D eigenvalue weighted by Gasteiger charge is -2.28. The Morgan fingerprint density at radius 1 is 1.17 bits per heavy atom. The summed E-state index contributed by atoms with van der Waals surface area (Å²) in [7, 11) is 0. The van der Waals surface area contributed by atoms with Crippen LogP contribution < -0.4 is 16.6 Å². The first-order chi connectivity index (χ1) is 8.60. The number of nitrogens with zero attached hydrogens (tertiary/aromatic N) is 2. The average Bonchev–Trinajstić information content (AvgIpc) is 2.33. The molecule has 5 nitrogen and oxygen atoms in total. The molecule has 2 rings (SSSR count). The Morgan fingerprint density at radius 2 is 1.89 bits per heavy atom. The summed E-state index contributed by atoms with van der Waals surface area (Å²) in [6.45, 7) is 6.19. The molecule has 0 aromatic carbocycles. The summed E-state index contributed by atoms with van der Waals surface area (Å²) < 4.78 is 0. The maximum absolute atomic E-state index is 5.48. The lowest BCUT2D eigenvalue weighted by Crippen LogP contribution is -2.27. The fourth-order valence-electron chi connectivity index (χ4n) is 2.67. The molecule has 4 N–H and O–H groups in total. The molecular formula is C13H23N5. The van der Waals surface area contributed by atoms with Crippen molar-refractivity contribution in [2.24, 2.45) is 11.8 Å². The topological polar surface area (TPSA) is 75.9 Å². The lowest BCUT2D eigenvalue weighted by atomic mass is 9.87. The Hall–Kier alpha value is -1.36. The van der Waals surface area contributed by atoms with Gasteiger partial charge in [-0.05, 0) is 32.6 Å². The van der Waals surface area contributed by atoms with Crippen LogP contribution in [0.1, 0.15) is 44.0 Å². The molecule has 2 atom stereocenters. The molecule has 1 aliphatic rings. The van der Waals surface area contributed by atoms with Crippen molar-refractivity contribution >= 4 is 11.6 Å². The summed E-state index contributed by atoms with van der Waals surface area (Å²) >= 11 is 0. The van der Waals surface area contributed by atoms with Crippen molar-refractivity contribution in [3.8, 4) is 0 Å². The van der Waals surface area contributed by atoms with Crippen molar-refractivity contribution in [3.63, 3.8) is 0 Å². The third-order valence-corrected chi connectivity index (χ3v) is 3.67. The molecular weight excluding hydrogens is 226 g/mol. The summed E-state index contributed by atoms with van der Waals surface area (Å²) in [6, 6.07) is 0.521. The number of aromatic nitrogens is 2. The molecule has 0 aliphatic heterocycles. The number of nitrogen functional groups attached to an aromatic ring is 1. The van der Waals surface area contributed by atoms with Crippen LogP contribution in [0.3, 0.4) is 0 Å². The van der Waals surface area contributed by atoms with Gasteiger partial charge in [-0.2, -0.15) is 0 Å². The third kappa shape index (κ3) is 2.90. The van der Waals surface area contributed by atoms with Gasteiger partial charge in [-0.25, -0.2) is 15.8 Å². The predicted octanol–water partition coefficient (Wildman–Crippen LogP) is 2.37. The maximum atomic E-state index is 5.48. The molecule has 0 saturated heterocycles. The van der Waals surface area contributed by atoms with Crippen LogP contribution in [0.4, 0.5) is 11.6 Å². The molecule has 18 heavy (non-hydrogen) atoms. The predicted molar refractivity (Wildman–Crippen MR) is 74.4 cm³/mol. The van der Waals surface area contributed by atoms with Crippen molar-refractivity contribution < 1.29 is 0 Å². The molecule has 0 radical (unpaired) electrons. The Bertz CT molecular complexity index is 418. The number of hydrogen-bond donors (Lipinski definition) is 3. The number of hydrazine groups is 1. The van der Waals surface area contributed by atoms with E-state index in [0.29, 0.717) is 11.9 Å². The van der Waals surface area contributed by atoms with Crippen molar-refractivity contribution in [2.45, 2.75) is 52.5 Å². The summed E-state index contributed by atoms with van der Waals surface area (Å²) in [5.74, 6) is 8.62.